The number of hydrogen-bond acceptors (Lipinski definition) is 3. The monoisotopic (exact) mass is 257 g/mol. The maximum atomic E-state index is 7.32. The van der Waals surface area contributed by atoms with E-state index in [1.807, 2.05) is 26.2 Å². The van der Waals surface area contributed by atoms with Gasteiger partial charge in [-0.15, -0.1) is 12.4 Å². The summed E-state index contributed by atoms with van der Waals surface area (Å²) in [6.07, 6.45) is 0.983. The summed E-state index contributed by atoms with van der Waals surface area (Å²) in [6.45, 7) is 1.69. The first-order chi connectivity index (χ1) is 7.59. The fourth-order valence-electron chi connectivity index (χ4n) is 1.32. The number of benzene rings is 1. The largest absolute Gasteiger partial charge is 0.494 e. The van der Waals surface area contributed by atoms with Crippen molar-refractivity contribution < 1.29 is 4.74 Å². The van der Waals surface area contributed by atoms with Crippen molar-refractivity contribution in [2.45, 2.75) is 6.42 Å². The van der Waals surface area contributed by atoms with E-state index in [-0.39, 0.29) is 18.2 Å². The lowest BCUT2D eigenvalue weighted by atomic mass is 10.2. The van der Waals surface area contributed by atoms with Crippen molar-refractivity contribution in [1.29, 1.82) is 5.41 Å². The van der Waals surface area contributed by atoms with E-state index in [0.717, 1.165) is 18.7 Å². The van der Waals surface area contributed by atoms with E-state index in [0.29, 0.717) is 12.2 Å². The Labute approximate surface area is 109 Å². The summed E-state index contributed by atoms with van der Waals surface area (Å²) in [7, 11) is 4.08. The minimum absolute atomic E-state index is 0. The molecule has 0 atom stereocenters. The van der Waals surface area contributed by atoms with E-state index in [2.05, 4.69) is 4.90 Å². The van der Waals surface area contributed by atoms with Gasteiger partial charge >= 0.3 is 0 Å². The van der Waals surface area contributed by atoms with E-state index in [1.165, 1.54) is 0 Å². The highest BCUT2D eigenvalue weighted by molar-refractivity contribution is 5.95. The molecule has 0 bridgehead atoms. The van der Waals surface area contributed by atoms with Crippen LogP contribution in [0.25, 0.3) is 0 Å². The third-order valence-electron chi connectivity index (χ3n) is 2.16. The standard InChI is InChI=1S/C12H19N3O.ClH/c1-15(2)7-4-8-16-11-6-3-5-10(9-11)12(13)14;/h3,5-6,9H,4,7-8H2,1-2H3,(H3,13,14);1H. The number of rotatable bonds is 6. The van der Waals surface area contributed by atoms with Crippen LogP contribution in [0.4, 0.5) is 0 Å². The Bertz CT molecular complexity index is 355. The summed E-state index contributed by atoms with van der Waals surface area (Å²) in [5, 5.41) is 7.32. The number of hydrogen-bond donors (Lipinski definition) is 2. The van der Waals surface area contributed by atoms with Crippen LogP contribution in [0, 0.1) is 5.41 Å². The zero-order chi connectivity index (χ0) is 12.0. The molecule has 0 aliphatic rings. The molecule has 1 rings (SSSR count). The third kappa shape index (κ3) is 6.14. The molecule has 0 aliphatic heterocycles. The fraction of sp³-hybridized carbons (Fsp3) is 0.417. The maximum Gasteiger partial charge on any atom is 0.122 e. The highest BCUT2D eigenvalue weighted by Gasteiger charge is 1.99. The molecule has 0 spiro atoms. The van der Waals surface area contributed by atoms with Crippen LogP contribution in [0.3, 0.4) is 0 Å². The zero-order valence-electron chi connectivity index (χ0n) is 10.3. The summed E-state index contributed by atoms with van der Waals surface area (Å²) in [4.78, 5) is 2.12. The van der Waals surface area contributed by atoms with Gasteiger partial charge in [-0.25, -0.2) is 0 Å². The van der Waals surface area contributed by atoms with E-state index in [9.17, 15) is 0 Å². The van der Waals surface area contributed by atoms with Gasteiger partial charge in [0, 0.05) is 12.1 Å². The van der Waals surface area contributed by atoms with Crippen molar-refractivity contribution in [3.8, 4) is 5.75 Å². The Morgan fingerprint density at radius 3 is 2.71 bits per heavy atom. The predicted molar refractivity (Wildman–Crippen MR) is 73.4 cm³/mol. The van der Waals surface area contributed by atoms with Gasteiger partial charge in [-0.3, -0.25) is 5.41 Å². The average molecular weight is 258 g/mol. The van der Waals surface area contributed by atoms with E-state index < -0.39 is 0 Å². The van der Waals surface area contributed by atoms with Crippen molar-refractivity contribution in [1.82, 2.24) is 4.90 Å². The molecule has 0 unspecified atom stereocenters. The lowest BCUT2D eigenvalue weighted by Gasteiger charge is -2.10. The normalized spacial score (nSPS) is 9.82. The molecule has 0 radical (unpaired) electrons. The van der Waals surface area contributed by atoms with Crippen LogP contribution >= 0.6 is 12.4 Å². The second kappa shape index (κ2) is 7.92. The highest BCUT2D eigenvalue weighted by atomic mass is 35.5. The number of amidine groups is 1. The number of halogens is 1. The minimum atomic E-state index is 0. The van der Waals surface area contributed by atoms with Gasteiger partial charge in [0.15, 0.2) is 0 Å². The molecule has 0 saturated heterocycles. The maximum absolute atomic E-state index is 7.32. The van der Waals surface area contributed by atoms with Gasteiger partial charge in [0.05, 0.1) is 6.61 Å². The van der Waals surface area contributed by atoms with Crippen LogP contribution in [-0.4, -0.2) is 38.0 Å². The zero-order valence-corrected chi connectivity index (χ0v) is 11.1. The topological polar surface area (TPSA) is 62.3 Å². The Morgan fingerprint density at radius 1 is 1.41 bits per heavy atom. The van der Waals surface area contributed by atoms with Crippen LogP contribution in [0.1, 0.15) is 12.0 Å². The summed E-state index contributed by atoms with van der Waals surface area (Å²) in [6, 6.07) is 7.31. The predicted octanol–water partition coefficient (Wildman–Crippen LogP) is 1.72. The lowest BCUT2D eigenvalue weighted by molar-refractivity contribution is 0.281. The molecule has 3 N–H and O–H groups in total. The summed E-state index contributed by atoms with van der Waals surface area (Å²) < 4.78 is 5.57. The molecule has 5 heteroatoms. The van der Waals surface area contributed by atoms with Gasteiger partial charge in [0.2, 0.25) is 0 Å². The second-order valence-electron chi connectivity index (χ2n) is 3.95. The molecule has 0 aromatic heterocycles. The van der Waals surface area contributed by atoms with Crippen LogP contribution < -0.4 is 10.5 Å². The van der Waals surface area contributed by atoms with Crippen molar-refractivity contribution >= 4 is 18.2 Å². The van der Waals surface area contributed by atoms with Crippen molar-refractivity contribution in [2.24, 2.45) is 5.73 Å². The van der Waals surface area contributed by atoms with Gasteiger partial charge in [-0.2, -0.15) is 0 Å². The van der Waals surface area contributed by atoms with Gasteiger partial charge in [0.1, 0.15) is 11.6 Å². The number of ether oxygens (including phenoxy) is 1. The molecule has 0 heterocycles. The smallest absolute Gasteiger partial charge is 0.122 e. The molecule has 96 valence electrons. The number of nitrogens with zero attached hydrogens (tertiary/aromatic N) is 1. The quantitative estimate of drug-likeness (QED) is 0.463. The van der Waals surface area contributed by atoms with Crippen molar-refractivity contribution in [2.75, 3.05) is 27.2 Å². The number of nitrogens with one attached hydrogen (secondary N) is 1. The Hall–Kier alpha value is -1.26. The molecule has 1 aromatic carbocycles. The molecule has 0 fully saturated rings. The second-order valence-corrected chi connectivity index (χ2v) is 3.95. The van der Waals surface area contributed by atoms with Crippen LogP contribution in [0.15, 0.2) is 24.3 Å². The summed E-state index contributed by atoms with van der Waals surface area (Å²) >= 11 is 0. The Balaban J connectivity index is 0.00000256. The average Bonchev–Trinajstić information content (AvgIpc) is 2.24. The molecule has 0 amide bonds. The van der Waals surface area contributed by atoms with Crippen molar-refractivity contribution in [3.05, 3.63) is 29.8 Å². The lowest BCUT2D eigenvalue weighted by Crippen LogP contribution is -2.15. The first kappa shape index (κ1) is 15.7. The first-order valence-corrected chi connectivity index (χ1v) is 5.31. The molecule has 4 nitrogen and oxygen atoms in total. The molecular weight excluding hydrogens is 238 g/mol. The van der Waals surface area contributed by atoms with Gasteiger partial charge < -0.3 is 15.4 Å². The van der Waals surface area contributed by atoms with Gasteiger partial charge in [-0.05, 0) is 32.6 Å². The van der Waals surface area contributed by atoms with Gasteiger partial charge in [0.25, 0.3) is 0 Å². The Morgan fingerprint density at radius 2 is 2.12 bits per heavy atom. The van der Waals surface area contributed by atoms with Crippen LogP contribution in [0.5, 0.6) is 5.75 Å². The number of nitrogen functional groups attached to an aromatic ring is 1. The summed E-state index contributed by atoms with van der Waals surface area (Å²) in [5.41, 5.74) is 6.10. The van der Waals surface area contributed by atoms with Crippen molar-refractivity contribution in [3.63, 3.8) is 0 Å². The minimum Gasteiger partial charge on any atom is -0.494 e. The highest BCUT2D eigenvalue weighted by Crippen LogP contribution is 2.12. The third-order valence-corrected chi connectivity index (χ3v) is 2.16. The fourth-order valence-corrected chi connectivity index (χ4v) is 1.32. The SMILES string of the molecule is CN(C)CCCOc1cccc(C(=N)N)c1.Cl. The van der Waals surface area contributed by atoms with E-state index in [4.69, 9.17) is 15.9 Å². The molecule has 0 saturated carbocycles. The first-order valence-electron chi connectivity index (χ1n) is 5.31. The van der Waals surface area contributed by atoms with Crippen LogP contribution in [-0.2, 0) is 0 Å². The molecular formula is C12H20ClN3O. The van der Waals surface area contributed by atoms with Crippen LogP contribution in [0.2, 0.25) is 0 Å². The Kier molecular flexibility index (Phi) is 7.34. The number of nitrogens with two attached hydrogens (primary N) is 1. The summed E-state index contributed by atoms with van der Waals surface area (Å²) in [5.74, 6) is 0.838. The molecule has 0 aliphatic carbocycles. The van der Waals surface area contributed by atoms with Gasteiger partial charge in [-0.1, -0.05) is 12.1 Å². The van der Waals surface area contributed by atoms with E-state index >= 15 is 0 Å². The molecule has 17 heavy (non-hydrogen) atoms. The molecule has 1 aromatic rings. The van der Waals surface area contributed by atoms with E-state index in [1.54, 1.807) is 12.1 Å².